The fourth-order valence-electron chi connectivity index (χ4n) is 1.19. The molecule has 0 atom stereocenters. The fourth-order valence-corrected chi connectivity index (χ4v) is 4.07. The summed E-state index contributed by atoms with van der Waals surface area (Å²) in [6, 6.07) is 17.1. The van der Waals surface area contributed by atoms with E-state index in [9.17, 15) is 0 Å². The smallest absolute Gasteiger partial charge is 0.0267 e. The molecule has 0 bridgehead atoms. The molecule has 0 amide bonds. The van der Waals surface area contributed by atoms with Crippen molar-refractivity contribution in [3.05, 3.63) is 91.8 Å². The van der Waals surface area contributed by atoms with E-state index in [0.29, 0.717) is 0 Å². The summed E-state index contributed by atoms with van der Waals surface area (Å²) in [7, 11) is 11.1. The molecule has 0 spiro atoms. The van der Waals surface area contributed by atoms with Gasteiger partial charge < -0.3 is 0 Å². The minimum atomic E-state index is -1.95. The molecule has 0 saturated heterocycles. The molecule has 3 aromatic heterocycles. The Hall–Kier alpha value is -1.46. The van der Waals surface area contributed by atoms with Crippen LogP contribution in [0.4, 0.5) is 0 Å². The third-order valence-electron chi connectivity index (χ3n) is 2.12. The van der Waals surface area contributed by atoms with Gasteiger partial charge in [-0.3, -0.25) is 15.0 Å². The predicted octanol–water partition coefficient (Wildman–Crippen LogP) is 6.14. The van der Waals surface area contributed by atoms with Crippen LogP contribution in [0.15, 0.2) is 95.2 Å². The van der Waals surface area contributed by atoms with Crippen LogP contribution < -0.4 is 0 Å². The molecule has 3 rings (SSSR count). The first kappa shape index (κ1) is 24.5. The molecule has 0 radical (unpaired) electrons. The Labute approximate surface area is 170 Å². The summed E-state index contributed by atoms with van der Waals surface area (Å²) in [5, 5.41) is 0. The molecule has 0 aromatic carbocycles. The number of halogens is 2. The zero-order valence-corrected chi connectivity index (χ0v) is 18.3. The Morgan fingerprint density at radius 2 is 0.846 bits per heavy atom. The molecule has 0 N–H and O–H groups in total. The summed E-state index contributed by atoms with van der Waals surface area (Å²) < 4.78 is 4.11. The summed E-state index contributed by atoms with van der Waals surface area (Å²) in [6.07, 6.45) is 10.5. The van der Waals surface area contributed by atoms with Crippen molar-refractivity contribution in [2.75, 3.05) is 0 Å². The maximum Gasteiger partial charge on any atom is 0.0267 e. The van der Waals surface area contributed by atoms with E-state index in [-0.39, 0.29) is 5.54 Å². The van der Waals surface area contributed by atoms with Gasteiger partial charge in [0, 0.05) is 37.2 Å². The maximum atomic E-state index is 5.53. The summed E-state index contributed by atoms with van der Waals surface area (Å²) >= 11 is -1.95. The van der Waals surface area contributed by atoms with Crippen LogP contribution in [-0.4, -0.2) is 20.5 Å². The van der Waals surface area contributed by atoms with Crippen LogP contribution in [-0.2, 0) is 15.6 Å². The van der Waals surface area contributed by atoms with Crippen molar-refractivity contribution in [3.8, 4) is 0 Å². The first-order chi connectivity index (χ1) is 12.4. The topological polar surface area (TPSA) is 51.0 Å². The van der Waals surface area contributed by atoms with Crippen molar-refractivity contribution >= 4 is 18.6 Å². The Morgan fingerprint density at radius 1 is 0.577 bits per heavy atom. The van der Waals surface area contributed by atoms with Gasteiger partial charge in [-0.25, -0.2) is 0 Å². The van der Waals surface area contributed by atoms with Crippen LogP contribution in [0.5, 0.6) is 0 Å². The molecular weight excluding hydrogens is 403 g/mol. The van der Waals surface area contributed by atoms with Crippen molar-refractivity contribution in [1.29, 1.82) is 0 Å². The van der Waals surface area contributed by atoms with Crippen LogP contribution in [0.1, 0.15) is 20.8 Å². The van der Waals surface area contributed by atoms with Gasteiger partial charge >= 0.3 is 63.9 Å². The van der Waals surface area contributed by atoms with Crippen LogP contribution in [0.25, 0.3) is 0 Å². The SMILES string of the molecule is CC(C)(C)[N]=[Ti]([Cl])[Cl].c1ccncc1.c1ccncc1.c1ccncc1. The maximum absolute atomic E-state index is 5.53. The number of hydrogen-bond donors (Lipinski definition) is 0. The average molecular weight is 427 g/mol. The first-order valence-corrected chi connectivity index (χ1v) is 12.9. The van der Waals surface area contributed by atoms with E-state index in [2.05, 4.69) is 18.4 Å². The zero-order valence-electron chi connectivity index (χ0n) is 15.2. The van der Waals surface area contributed by atoms with E-state index in [1.807, 2.05) is 75.4 Å². The summed E-state index contributed by atoms with van der Waals surface area (Å²) in [4.78, 5) is 11.4. The minimum Gasteiger partial charge on any atom is -0.265 e. The number of pyridine rings is 3. The number of hydrogen-bond acceptors (Lipinski definition) is 4. The van der Waals surface area contributed by atoms with Crippen molar-refractivity contribution < 1.29 is 15.6 Å². The summed E-state index contributed by atoms with van der Waals surface area (Å²) in [5.41, 5.74) is -0.0428. The van der Waals surface area contributed by atoms with Crippen molar-refractivity contribution in [2.24, 2.45) is 3.42 Å². The Bertz CT molecular complexity index is 504. The van der Waals surface area contributed by atoms with Crippen molar-refractivity contribution in [3.63, 3.8) is 0 Å². The molecule has 26 heavy (non-hydrogen) atoms. The van der Waals surface area contributed by atoms with E-state index in [4.69, 9.17) is 18.6 Å². The van der Waals surface area contributed by atoms with Crippen LogP contribution >= 0.6 is 18.6 Å². The zero-order chi connectivity index (χ0) is 19.5. The van der Waals surface area contributed by atoms with Gasteiger partial charge in [-0.15, -0.1) is 0 Å². The van der Waals surface area contributed by atoms with Gasteiger partial charge in [0.15, 0.2) is 0 Å². The van der Waals surface area contributed by atoms with E-state index >= 15 is 0 Å². The fraction of sp³-hybridized carbons (Fsp3) is 0.211. The molecule has 7 heteroatoms. The quantitative estimate of drug-likeness (QED) is 0.405. The monoisotopic (exact) mass is 426 g/mol. The largest absolute Gasteiger partial charge is 0.265 e. The standard InChI is InChI=1S/3C5H5N.C4H9N.2ClH.Ti/c3*1-2-4-6-5-3-1;1-4(2,3)5;;;/h3*1-5H;1-3H3;2*1H;/q;;;;;;+2/p-2. The average Bonchev–Trinajstić information content (AvgIpc) is 2.65. The van der Waals surface area contributed by atoms with Gasteiger partial charge in [0.05, 0.1) is 0 Å². The third kappa shape index (κ3) is 22.5. The Morgan fingerprint density at radius 3 is 0.885 bits per heavy atom. The number of nitrogens with zero attached hydrogens (tertiary/aromatic N) is 4. The van der Waals surface area contributed by atoms with Crippen molar-refractivity contribution in [1.82, 2.24) is 15.0 Å². The molecule has 0 unspecified atom stereocenters. The Kier molecular flexibility index (Phi) is 16.0. The second kappa shape index (κ2) is 17.0. The normalized spacial score (nSPS) is 8.96. The number of rotatable bonds is 0. The molecule has 0 saturated carbocycles. The van der Waals surface area contributed by atoms with Gasteiger partial charge in [-0.2, -0.15) is 0 Å². The molecule has 4 nitrogen and oxygen atoms in total. The van der Waals surface area contributed by atoms with Gasteiger partial charge in [0.2, 0.25) is 0 Å². The van der Waals surface area contributed by atoms with E-state index in [1.165, 1.54) is 0 Å². The molecule has 3 heterocycles. The molecule has 0 fully saturated rings. The number of aromatic nitrogens is 3. The van der Waals surface area contributed by atoms with E-state index in [1.54, 1.807) is 37.2 Å². The van der Waals surface area contributed by atoms with Gasteiger partial charge in [-0.05, 0) is 36.4 Å². The molecule has 0 aliphatic heterocycles. The molecular formula is C19H24Cl2N4Ti. The molecule has 0 aliphatic rings. The minimum absolute atomic E-state index is 0.0428. The Balaban J connectivity index is 0.000000322. The summed E-state index contributed by atoms with van der Waals surface area (Å²) in [6.45, 7) is 5.97. The van der Waals surface area contributed by atoms with Gasteiger partial charge in [-0.1, -0.05) is 18.2 Å². The molecule has 0 aliphatic carbocycles. The van der Waals surface area contributed by atoms with E-state index < -0.39 is 15.6 Å². The van der Waals surface area contributed by atoms with Gasteiger partial charge in [0.1, 0.15) is 0 Å². The van der Waals surface area contributed by atoms with Crippen LogP contribution in [0.2, 0.25) is 0 Å². The second-order valence-corrected chi connectivity index (χ2v) is 10.4. The predicted molar refractivity (Wildman–Crippen MR) is 107 cm³/mol. The van der Waals surface area contributed by atoms with Crippen LogP contribution in [0, 0.1) is 0 Å². The van der Waals surface area contributed by atoms with E-state index in [0.717, 1.165) is 0 Å². The second-order valence-electron chi connectivity index (χ2n) is 5.60. The van der Waals surface area contributed by atoms with Crippen molar-refractivity contribution in [2.45, 2.75) is 26.3 Å². The molecule has 138 valence electrons. The van der Waals surface area contributed by atoms with Crippen LogP contribution in [0.3, 0.4) is 0 Å². The molecule has 3 aromatic rings. The summed E-state index contributed by atoms with van der Waals surface area (Å²) in [5.74, 6) is 0. The third-order valence-corrected chi connectivity index (χ3v) is 4.13. The van der Waals surface area contributed by atoms with Gasteiger partial charge in [0.25, 0.3) is 0 Å². The first-order valence-electron chi connectivity index (χ1n) is 7.87.